The number of hydrogen-bond donors (Lipinski definition) is 2. The van der Waals surface area contributed by atoms with Gasteiger partial charge in [0.2, 0.25) is 0 Å². The highest BCUT2D eigenvalue weighted by Crippen LogP contribution is 2.19. The second kappa shape index (κ2) is 11.0. The Kier molecular flexibility index (Phi) is 8.16. The van der Waals surface area contributed by atoms with E-state index in [1.165, 1.54) is 6.33 Å². The lowest BCUT2D eigenvalue weighted by atomic mass is 10.2. The monoisotopic (exact) mass is 469 g/mol. The summed E-state index contributed by atoms with van der Waals surface area (Å²) in [5, 5.41) is 9.42. The molecule has 0 unspecified atom stereocenters. The molecule has 0 radical (unpaired) electrons. The van der Waals surface area contributed by atoms with E-state index in [1.807, 2.05) is 19.1 Å². The first-order valence-corrected chi connectivity index (χ1v) is 11.1. The zero-order valence-electron chi connectivity index (χ0n) is 18.8. The third-order valence-electron chi connectivity index (χ3n) is 5.58. The number of rotatable bonds is 4. The van der Waals surface area contributed by atoms with Crippen molar-refractivity contribution in [3.8, 4) is 6.07 Å². The van der Waals surface area contributed by atoms with Crippen LogP contribution in [0.1, 0.15) is 18.3 Å². The Bertz CT molecular complexity index is 1190. The fourth-order valence-corrected chi connectivity index (χ4v) is 3.86. The third kappa shape index (κ3) is 5.76. The van der Waals surface area contributed by atoms with Crippen molar-refractivity contribution in [1.82, 2.24) is 29.3 Å². The number of aromatic nitrogens is 4. The maximum absolute atomic E-state index is 12.9. The Hall–Kier alpha value is -3.26. The third-order valence-corrected chi connectivity index (χ3v) is 5.90. The van der Waals surface area contributed by atoms with Crippen molar-refractivity contribution < 1.29 is 0 Å². The van der Waals surface area contributed by atoms with E-state index in [-0.39, 0.29) is 22.8 Å². The molecule has 0 bridgehead atoms. The van der Waals surface area contributed by atoms with Crippen molar-refractivity contribution in [3.63, 3.8) is 0 Å². The minimum absolute atomic E-state index is 0.0217. The van der Waals surface area contributed by atoms with Crippen LogP contribution in [0.15, 0.2) is 29.3 Å². The number of benzene rings is 1. The SMILES string of the molecule is CCc1nc2cccc(Cl)c2c(=O)n1CCN1CCN(C)CC1.N#Cc1c(N)ncnc1N. The number of nitrogens with zero attached hydrogens (tertiary/aromatic N) is 7. The summed E-state index contributed by atoms with van der Waals surface area (Å²) in [6.07, 6.45) is 1.95. The highest BCUT2D eigenvalue weighted by atomic mass is 35.5. The van der Waals surface area contributed by atoms with Crippen molar-refractivity contribution in [2.24, 2.45) is 0 Å². The van der Waals surface area contributed by atoms with Gasteiger partial charge in [-0.15, -0.1) is 0 Å². The lowest BCUT2D eigenvalue weighted by molar-refractivity contribution is 0.149. The number of fused-ring (bicyclic) bond motifs is 1. The van der Waals surface area contributed by atoms with Gasteiger partial charge in [-0.3, -0.25) is 14.3 Å². The van der Waals surface area contributed by atoms with Gasteiger partial charge in [0.15, 0.2) is 0 Å². The van der Waals surface area contributed by atoms with Crippen LogP contribution in [-0.2, 0) is 13.0 Å². The molecule has 0 atom stereocenters. The number of nitriles is 1. The molecule has 3 aromatic rings. The predicted molar refractivity (Wildman–Crippen MR) is 130 cm³/mol. The fourth-order valence-electron chi connectivity index (χ4n) is 3.61. The largest absolute Gasteiger partial charge is 0.382 e. The number of hydrogen-bond acceptors (Lipinski definition) is 9. The van der Waals surface area contributed by atoms with Crippen LogP contribution in [0.3, 0.4) is 0 Å². The Morgan fingerprint density at radius 1 is 1.12 bits per heavy atom. The molecule has 11 heteroatoms. The van der Waals surface area contributed by atoms with Gasteiger partial charge in [0.1, 0.15) is 35.4 Å². The minimum atomic E-state index is -0.0217. The molecule has 4 rings (SSSR count). The van der Waals surface area contributed by atoms with Gasteiger partial charge in [0.25, 0.3) is 5.56 Å². The normalized spacial score (nSPS) is 14.5. The van der Waals surface area contributed by atoms with E-state index >= 15 is 0 Å². The number of halogens is 1. The van der Waals surface area contributed by atoms with Crippen LogP contribution in [0.2, 0.25) is 5.02 Å². The second-order valence-electron chi connectivity index (χ2n) is 7.75. The molecule has 1 aliphatic rings. The van der Waals surface area contributed by atoms with Crippen molar-refractivity contribution in [3.05, 3.63) is 51.3 Å². The predicted octanol–water partition coefficient (Wildman–Crippen LogP) is 1.37. The molecule has 2 aromatic heterocycles. The molecular weight excluding hydrogens is 442 g/mol. The zero-order valence-corrected chi connectivity index (χ0v) is 19.6. The van der Waals surface area contributed by atoms with Crippen LogP contribution in [-0.4, -0.2) is 69.1 Å². The highest BCUT2D eigenvalue weighted by molar-refractivity contribution is 6.35. The number of anilines is 2. The molecule has 4 N–H and O–H groups in total. The van der Waals surface area contributed by atoms with E-state index in [0.717, 1.165) is 45.0 Å². The van der Waals surface area contributed by atoms with Gasteiger partial charge in [-0.25, -0.2) is 15.0 Å². The molecule has 0 aliphatic carbocycles. The maximum Gasteiger partial charge on any atom is 0.262 e. The minimum Gasteiger partial charge on any atom is -0.382 e. The lowest BCUT2D eigenvalue weighted by Crippen LogP contribution is -2.46. The van der Waals surface area contributed by atoms with Crippen LogP contribution in [0.5, 0.6) is 0 Å². The fraction of sp³-hybridized carbons (Fsp3) is 0.409. The van der Waals surface area contributed by atoms with Crippen molar-refractivity contribution in [2.45, 2.75) is 19.9 Å². The molecule has 174 valence electrons. The molecule has 0 amide bonds. The number of piperazine rings is 1. The number of likely N-dealkylation sites (N-methyl/N-ethyl adjacent to an activating group) is 1. The van der Waals surface area contributed by atoms with E-state index in [4.69, 9.17) is 28.3 Å². The van der Waals surface area contributed by atoms with E-state index < -0.39 is 0 Å². The van der Waals surface area contributed by atoms with Crippen molar-refractivity contribution >= 4 is 34.1 Å². The lowest BCUT2D eigenvalue weighted by Gasteiger charge is -2.32. The van der Waals surface area contributed by atoms with E-state index in [1.54, 1.807) is 16.7 Å². The highest BCUT2D eigenvalue weighted by Gasteiger charge is 2.16. The van der Waals surface area contributed by atoms with Crippen LogP contribution >= 0.6 is 11.6 Å². The molecule has 1 fully saturated rings. The Morgan fingerprint density at radius 2 is 1.79 bits per heavy atom. The summed E-state index contributed by atoms with van der Waals surface area (Å²) in [6.45, 7) is 7.83. The van der Waals surface area contributed by atoms with Gasteiger partial charge in [0.05, 0.1) is 15.9 Å². The van der Waals surface area contributed by atoms with Crippen LogP contribution in [0.4, 0.5) is 11.6 Å². The smallest absolute Gasteiger partial charge is 0.262 e. The first-order chi connectivity index (χ1) is 15.8. The van der Waals surface area contributed by atoms with Crippen LogP contribution in [0.25, 0.3) is 10.9 Å². The quantitative estimate of drug-likeness (QED) is 0.578. The molecule has 0 spiro atoms. The first-order valence-electron chi connectivity index (χ1n) is 10.7. The number of nitrogens with two attached hydrogens (primary N) is 2. The van der Waals surface area contributed by atoms with Gasteiger partial charge in [-0.05, 0) is 19.2 Å². The van der Waals surface area contributed by atoms with E-state index in [0.29, 0.717) is 22.5 Å². The number of nitrogen functional groups attached to an aromatic ring is 2. The average molecular weight is 470 g/mol. The summed E-state index contributed by atoms with van der Waals surface area (Å²) < 4.78 is 1.80. The summed E-state index contributed by atoms with van der Waals surface area (Å²) in [5.74, 6) is 1.07. The molecule has 1 aromatic carbocycles. The van der Waals surface area contributed by atoms with Gasteiger partial charge < -0.3 is 16.4 Å². The van der Waals surface area contributed by atoms with Gasteiger partial charge in [-0.2, -0.15) is 5.26 Å². The Morgan fingerprint density at radius 3 is 2.36 bits per heavy atom. The Labute approximate surface area is 197 Å². The molecular formula is C22H28ClN9O. The second-order valence-corrected chi connectivity index (χ2v) is 8.16. The maximum atomic E-state index is 12.9. The van der Waals surface area contributed by atoms with Gasteiger partial charge in [0, 0.05) is 45.7 Å². The summed E-state index contributed by atoms with van der Waals surface area (Å²) in [4.78, 5) is 29.4. The van der Waals surface area contributed by atoms with Crippen LogP contribution in [0, 0.1) is 11.3 Å². The molecule has 0 saturated carbocycles. The molecule has 33 heavy (non-hydrogen) atoms. The summed E-state index contributed by atoms with van der Waals surface area (Å²) in [5.41, 5.74) is 11.4. The zero-order chi connectivity index (χ0) is 24.0. The van der Waals surface area contributed by atoms with E-state index in [9.17, 15) is 4.79 Å². The summed E-state index contributed by atoms with van der Waals surface area (Å²) >= 11 is 6.23. The molecule has 10 nitrogen and oxygen atoms in total. The molecule has 1 saturated heterocycles. The van der Waals surface area contributed by atoms with Gasteiger partial charge >= 0.3 is 0 Å². The van der Waals surface area contributed by atoms with E-state index in [2.05, 4.69) is 31.8 Å². The van der Waals surface area contributed by atoms with Gasteiger partial charge in [-0.1, -0.05) is 24.6 Å². The van der Waals surface area contributed by atoms with Crippen molar-refractivity contribution in [2.75, 3.05) is 51.2 Å². The summed E-state index contributed by atoms with van der Waals surface area (Å²) in [7, 11) is 2.15. The summed E-state index contributed by atoms with van der Waals surface area (Å²) in [6, 6.07) is 7.23. The first kappa shape index (κ1) is 24.4. The number of aryl methyl sites for hydroxylation is 1. The standard InChI is InChI=1S/C17H23ClN4O.C5H5N5/c1-3-15-19-14-6-4-5-13(18)16(14)17(23)22(15)12-11-21-9-7-20(2)8-10-21;6-1-3-4(7)9-2-10-5(3)8/h4-6H,3,7-12H2,1-2H3;2H,(H4,7,8,9,10). The molecule has 3 heterocycles. The van der Waals surface area contributed by atoms with Crippen molar-refractivity contribution in [1.29, 1.82) is 5.26 Å². The topological polar surface area (TPSA) is 143 Å². The van der Waals surface area contributed by atoms with Crippen LogP contribution < -0.4 is 17.0 Å². The Balaban J connectivity index is 0.000000257. The molecule has 1 aliphatic heterocycles. The average Bonchev–Trinajstić information content (AvgIpc) is 2.80.